The van der Waals surface area contributed by atoms with Gasteiger partial charge < -0.3 is 33.5 Å². The second kappa shape index (κ2) is 26.5. The molecule has 1 fully saturated rings. The van der Waals surface area contributed by atoms with E-state index in [4.69, 9.17) is 23.7 Å². The maximum absolute atomic E-state index is 13.3. The molecule has 9 rings (SSSR count). The molecule has 79 heavy (non-hydrogen) atoms. The van der Waals surface area contributed by atoms with Crippen LogP contribution in [0.5, 0.6) is 11.5 Å². The molecule has 9 nitrogen and oxygen atoms in total. The van der Waals surface area contributed by atoms with Crippen LogP contribution in [0.15, 0.2) is 182 Å². The molecule has 0 atom stereocenters. The molecular formula is C70H74N2O7. The summed E-state index contributed by atoms with van der Waals surface area (Å²) in [5.74, 6) is 0.989. The van der Waals surface area contributed by atoms with Crippen LogP contribution in [0.3, 0.4) is 0 Å². The highest BCUT2D eigenvalue weighted by molar-refractivity contribution is 5.78. The smallest absolute Gasteiger partial charge is 0.496 e. The summed E-state index contributed by atoms with van der Waals surface area (Å²) in [7, 11) is 1.76. The molecule has 0 spiro atoms. The third-order valence-electron chi connectivity index (χ3n) is 15.3. The lowest BCUT2D eigenvalue weighted by molar-refractivity contribution is -0.142. The Morgan fingerprint density at radius 2 is 0.797 bits per heavy atom. The molecule has 8 aromatic rings. The van der Waals surface area contributed by atoms with Crippen LogP contribution in [-0.2, 0) is 50.1 Å². The maximum atomic E-state index is 13.3. The van der Waals surface area contributed by atoms with Gasteiger partial charge in [0.25, 0.3) is 0 Å². The average Bonchev–Trinajstić information content (AvgIpc) is 3.63. The van der Waals surface area contributed by atoms with E-state index >= 15 is 0 Å². The first-order valence-corrected chi connectivity index (χ1v) is 27.9. The van der Waals surface area contributed by atoms with Gasteiger partial charge in [-0.05, 0) is 185 Å². The molecule has 1 aliphatic rings. The lowest BCUT2D eigenvalue weighted by Crippen LogP contribution is -2.31. The first-order valence-electron chi connectivity index (χ1n) is 27.9. The zero-order chi connectivity index (χ0) is 55.1. The van der Waals surface area contributed by atoms with E-state index in [2.05, 4.69) is 213 Å². The molecule has 0 radical (unpaired) electrons. The highest BCUT2D eigenvalue weighted by atomic mass is 16.7. The van der Waals surface area contributed by atoms with Crippen molar-refractivity contribution < 1.29 is 33.3 Å². The fourth-order valence-electron chi connectivity index (χ4n) is 10.8. The van der Waals surface area contributed by atoms with Crippen LogP contribution in [-0.4, -0.2) is 45.7 Å². The van der Waals surface area contributed by atoms with Crippen LogP contribution >= 0.6 is 0 Å². The number of anilines is 6. The summed E-state index contributed by atoms with van der Waals surface area (Å²) in [5, 5.41) is 0. The normalized spacial score (nSPS) is 12.8. The minimum atomic E-state index is -0.800. The predicted octanol–water partition coefficient (Wildman–Crippen LogP) is 16.8. The van der Waals surface area contributed by atoms with E-state index in [0.717, 1.165) is 95.9 Å². The van der Waals surface area contributed by atoms with E-state index in [-0.39, 0.29) is 37.8 Å². The lowest BCUT2D eigenvalue weighted by atomic mass is 9.64. The Labute approximate surface area is 467 Å². The van der Waals surface area contributed by atoms with Gasteiger partial charge in [0.1, 0.15) is 24.7 Å². The van der Waals surface area contributed by atoms with E-state index in [0.29, 0.717) is 12.2 Å². The molecule has 1 aliphatic carbocycles. The number of aryl methyl sites for hydroxylation is 8. The zero-order valence-electron chi connectivity index (χ0n) is 46.8. The van der Waals surface area contributed by atoms with Crippen molar-refractivity contribution in [2.45, 2.75) is 97.8 Å². The number of esters is 1. The molecule has 0 amide bonds. The van der Waals surface area contributed by atoms with Gasteiger partial charge in [-0.25, -0.2) is 4.79 Å². The van der Waals surface area contributed by atoms with Gasteiger partial charge in [0, 0.05) is 46.5 Å². The first kappa shape index (κ1) is 55.6. The number of methoxy groups -OCH3 is 1. The summed E-state index contributed by atoms with van der Waals surface area (Å²) in [4.78, 5) is 29.1. The van der Waals surface area contributed by atoms with Crippen LogP contribution < -0.4 is 19.3 Å². The van der Waals surface area contributed by atoms with Crippen molar-refractivity contribution in [1.29, 1.82) is 0 Å². The molecule has 0 bridgehead atoms. The Morgan fingerprint density at radius 3 is 1.19 bits per heavy atom. The summed E-state index contributed by atoms with van der Waals surface area (Å²) in [6.45, 7) is 10.3. The standard InChI is InChI=1S/C70H74N2O7/c1-50-10-28-61(29-11-50)71(62-30-12-51(2)13-31-62)65-36-20-55(21-37-65)18-24-57-48-59(26-40-67(57)75-6)70(42-8-7-9-43-70)60-27-41-68(79-69(74)78-47-45-76-44-46-77-54(5)73)58(49-60)25-19-56-22-38-66(39-23-56)72(63-32-14-52(3)15-33-63)64-34-16-53(4)17-35-64/h10-17,20-23,26-41,48-49H,7-9,18-19,24-25,42-47H2,1-6H3. The van der Waals surface area contributed by atoms with Gasteiger partial charge in [-0.15, -0.1) is 0 Å². The molecule has 9 heteroatoms. The molecule has 0 saturated heterocycles. The van der Waals surface area contributed by atoms with Crippen molar-refractivity contribution >= 4 is 46.2 Å². The Kier molecular flexibility index (Phi) is 18.6. The Bertz CT molecular complexity index is 3170. The van der Waals surface area contributed by atoms with Crippen molar-refractivity contribution in [1.82, 2.24) is 0 Å². The van der Waals surface area contributed by atoms with Gasteiger partial charge in [0.05, 0.1) is 20.3 Å². The number of benzene rings is 8. The van der Waals surface area contributed by atoms with Crippen molar-refractivity contribution in [2.75, 3.05) is 43.3 Å². The number of hydrogen-bond acceptors (Lipinski definition) is 9. The molecule has 0 unspecified atom stereocenters. The number of ether oxygens (including phenoxy) is 5. The lowest BCUT2D eigenvalue weighted by Gasteiger charge is -2.39. The SMILES string of the molecule is COc1ccc(C2(c3ccc(OC(=O)OCCOCCOC(C)=O)c(CCc4ccc(N(c5ccc(C)cc5)c5ccc(C)cc5)cc4)c3)CCCCC2)cc1CCc1ccc(N(c2ccc(C)cc2)c2ccc(C)cc2)cc1. The minimum Gasteiger partial charge on any atom is -0.496 e. The molecule has 0 aromatic heterocycles. The van der Waals surface area contributed by atoms with Crippen LogP contribution in [0, 0.1) is 27.7 Å². The van der Waals surface area contributed by atoms with Crippen molar-refractivity contribution in [3.63, 3.8) is 0 Å². The van der Waals surface area contributed by atoms with Gasteiger partial charge in [0.15, 0.2) is 0 Å². The Morgan fingerprint density at radius 1 is 0.430 bits per heavy atom. The Balaban J connectivity index is 0.972. The Hall–Kier alpha value is -8.14. The highest BCUT2D eigenvalue weighted by Crippen LogP contribution is 2.47. The van der Waals surface area contributed by atoms with Gasteiger partial charge in [0.2, 0.25) is 0 Å². The van der Waals surface area contributed by atoms with Gasteiger partial charge in [-0.1, -0.05) is 139 Å². The number of rotatable bonds is 22. The predicted molar refractivity (Wildman–Crippen MR) is 319 cm³/mol. The topological polar surface area (TPSA) is 86.8 Å². The van der Waals surface area contributed by atoms with Crippen LogP contribution in [0.2, 0.25) is 0 Å². The van der Waals surface area contributed by atoms with E-state index < -0.39 is 6.16 Å². The minimum absolute atomic E-state index is 0.00424. The number of hydrogen-bond donors (Lipinski definition) is 0. The average molecular weight is 1060 g/mol. The summed E-state index contributed by atoms with van der Waals surface area (Å²) in [6, 6.07) is 65.6. The van der Waals surface area contributed by atoms with E-state index in [9.17, 15) is 9.59 Å². The summed E-state index contributed by atoms with van der Waals surface area (Å²) < 4.78 is 28.0. The second-order valence-corrected chi connectivity index (χ2v) is 21.0. The van der Waals surface area contributed by atoms with Crippen LogP contribution in [0.4, 0.5) is 38.9 Å². The summed E-state index contributed by atoms with van der Waals surface area (Å²) in [6.07, 6.45) is 7.60. The second-order valence-electron chi connectivity index (χ2n) is 21.0. The number of carbonyl (C=O) groups is 2. The summed E-state index contributed by atoms with van der Waals surface area (Å²) >= 11 is 0. The maximum Gasteiger partial charge on any atom is 0.513 e. The van der Waals surface area contributed by atoms with Crippen LogP contribution in [0.25, 0.3) is 0 Å². The molecule has 8 aromatic carbocycles. The van der Waals surface area contributed by atoms with Gasteiger partial charge in [-0.3, -0.25) is 4.79 Å². The monoisotopic (exact) mass is 1050 g/mol. The molecular weight excluding hydrogens is 981 g/mol. The van der Waals surface area contributed by atoms with E-state index in [1.165, 1.54) is 57.9 Å². The molecule has 1 saturated carbocycles. The van der Waals surface area contributed by atoms with Crippen molar-refractivity contribution in [2.24, 2.45) is 0 Å². The van der Waals surface area contributed by atoms with Gasteiger partial charge >= 0.3 is 12.1 Å². The van der Waals surface area contributed by atoms with Crippen LogP contribution in [0.1, 0.15) is 94.7 Å². The van der Waals surface area contributed by atoms with E-state index in [1.54, 1.807) is 7.11 Å². The third kappa shape index (κ3) is 14.3. The number of carbonyl (C=O) groups excluding carboxylic acids is 2. The fraction of sp³-hybridized carbons (Fsp3) is 0.286. The number of nitrogens with zero attached hydrogens (tertiary/aromatic N) is 2. The first-order chi connectivity index (χ1) is 38.4. The summed E-state index contributed by atoms with van der Waals surface area (Å²) in [5.41, 5.74) is 18.2. The highest BCUT2D eigenvalue weighted by Gasteiger charge is 2.37. The van der Waals surface area contributed by atoms with Crippen molar-refractivity contribution in [3.05, 3.63) is 238 Å². The van der Waals surface area contributed by atoms with E-state index in [1.807, 2.05) is 6.07 Å². The van der Waals surface area contributed by atoms with Gasteiger partial charge in [-0.2, -0.15) is 0 Å². The molecule has 0 heterocycles. The third-order valence-corrected chi connectivity index (χ3v) is 15.3. The molecule has 0 N–H and O–H groups in total. The molecule has 0 aliphatic heterocycles. The molecule has 406 valence electrons. The van der Waals surface area contributed by atoms with Crippen molar-refractivity contribution in [3.8, 4) is 11.5 Å². The zero-order valence-corrected chi connectivity index (χ0v) is 46.8. The fourth-order valence-corrected chi connectivity index (χ4v) is 10.8. The quantitative estimate of drug-likeness (QED) is 0.0374. The largest absolute Gasteiger partial charge is 0.513 e.